The number of nitrogens with zero attached hydrogens (tertiary/aromatic N) is 1. The summed E-state index contributed by atoms with van der Waals surface area (Å²) in [6.07, 6.45) is 3.38. The second-order valence-electron chi connectivity index (χ2n) is 8.07. The maximum absolute atomic E-state index is 13.3. The molecule has 176 valence electrons. The van der Waals surface area contributed by atoms with Gasteiger partial charge >= 0.3 is 5.97 Å². The van der Waals surface area contributed by atoms with Gasteiger partial charge in [-0.05, 0) is 61.2 Å². The molecule has 0 radical (unpaired) electrons. The van der Waals surface area contributed by atoms with Crippen LogP contribution in [0.5, 0.6) is 11.5 Å². The Morgan fingerprint density at radius 3 is 2.59 bits per heavy atom. The second-order valence-corrected chi connectivity index (χ2v) is 8.07. The zero-order valence-corrected chi connectivity index (χ0v) is 19.6. The van der Waals surface area contributed by atoms with Crippen LogP contribution in [-0.2, 0) is 22.6 Å². The number of aryl methyl sites for hydroxylation is 1. The molecule has 3 aromatic rings. The molecule has 0 saturated heterocycles. The highest BCUT2D eigenvalue weighted by Gasteiger charge is 2.22. The summed E-state index contributed by atoms with van der Waals surface area (Å²) in [5.41, 5.74) is 4.79. The number of hydrogen-bond donors (Lipinski definition) is 1. The van der Waals surface area contributed by atoms with E-state index in [1.807, 2.05) is 62.4 Å². The van der Waals surface area contributed by atoms with Crippen LogP contribution in [0.2, 0.25) is 0 Å². The normalized spacial score (nSPS) is 12.2. The Morgan fingerprint density at radius 2 is 1.82 bits per heavy atom. The van der Waals surface area contributed by atoms with Gasteiger partial charge in [-0.3, -0.25) is 4.79 Å². The maximum atomic E-state index is 13.3. The molecule has 2 heterocycles. The molecule has 1 N–H and O–H groups in total. The number of aromatic nitrogens is 1. The molecule has 0 saturated carbocycles. The van der Waals surface area contributed by atoms with Crippen LogP contribution in [0.4, 0.5) is 0 Å². The van der Waals surface area contributed by atoms with Crippen LogP contribution in [-0.4, -0.2) is 35.2 Å². The SMILES string of the molecule is CCOC(=O)c1[nH]c(C)c(CN(Cc2ccc3c(c2)OCO3)C(=O)/C=C/c2ccccc2)c1C. The van der Waals surface area contributed by atoms with E-state index in [1.165, 1.54) is 0 Å². The summed E-state index contributed by atoms with van der Waals surface area (Å²) in [7, 11) is 0. The number of aromatic amines is 1. The number of fused-ring (bicyclic) bond motifs is 1. The largest absolute Gasteiger partial charge is 0.461 e. The van der Waals surface area contributed by atoms with Crippen molar-refractivity contribution in [2.45, 2.75) is 33.9 Å². The van der Waals surface area contributed by atoms with Crippen LogP contribution in [0, 0.1) is 13.8 Å². The number of carbonyl (C=O) groups is 2. The summed E-state index contributed by atoms with van der Waals surface area (Å²) < 4.78 is 16.1. The lowest BCUT2D eigenvalue weighted by Gasteiger charge is -2.22. The Labute approximate surface area is 198 Å². The first-order valence-electron chi connectivity index (χ1n) is 11.2. The van der Waals surface area contributed by atoms with Gasteiger partial charge in [-0.1, -0.05) is 36.4 Å². The van der Waals surface area contributed by atoms with Crippen molar-refractivity contribution in [1.29, 1.82) is 0 Å². The standard InChI is InChI=1S/C27H28N2O5/c1-4-32-27(31)26-18(2)22(19(3)28-26)16-29(25(30)13-11-20-8-6-5-7-9-20)15-21-10-12-23-24(14-21)34-17-33-23/h5-14,28H,4,15-17H2,1-3H3/b13-11+. The molecule has 0 spiro atoms. The number of ether oxygens (including phenoxy) is 3. The van der Waals surface area contributed by atoms with Crippen molar-refractivity contribution >= 4 is 18.0 Å². The topological polar surface area (TPSA) is 80.9 Å². The van der Waals surface area contributed by atoms with E-state index in [0.29, 0.717) is 36.9 Å². The van der Waals surface area contributed by atoms with E-state index in [-0.39, 0.29) is 12.7 Å². The predicted octanol–water partition coefficient (Wildman–Crippen LogP) is 4.78. The lowest BCUT2D eigenvalue weighted by molar-refractivity contribution is -0.127. The monoisotopic (exact) mass is 460 g/mol. The molecular weight excluding hydrogens is 432 g/mol. The Balaban J connectivity index is 1.61. The van der Waals surface area contributed by atoms with Gasteiger partial charge in [-0.2, -0.15) is 0 Å². The number of carbonyl (C=O) groups excluding carboxylic acids is 2. The first-order valence-corrected chi connectivity index (χ1v) is 11.2. The maximum Gasteiger partial charge on any atom is 0.355 e. The fourth-order valence-electron chi connectivity index (χ4n) is 3.93. The van der Waals surface area contributed by atoms with E-state index in [4.69, 9.17) is 14.2 Å². The predicted molar refractivity (Wildman–Crippen MR) is 129 cm³/mol. The van der Waals surface area contributed by atoms with Crippen molar-refractivity contribution in [2.24, 2.45) is 0 Å². The van der Waals surface area contributed by atoms with Crippen molar-refractivity contribution in [3.63, 3.8) is 0 Å². The number of amides is 1. The highest BCUT2D eigenvalue weighted by atomic mass is 16.7. The molecule has 0 aliphatic carbocycles. The lowest BCUT2D eigenvalue weighted by atomic mass is 10.1. The van der Waals surface area contributed by atoms with E-state index in [2.05, 4.69) is 4.98 Å². The van der Waals surface area contributed by atoms with Crippen LogP contribution in [0.1, 0.15) is 45.4 Å². The van der Waals surface area contributed by atoms with Crippen LogP contribution >= 0.6 is 0 Å². The van der Waals surface area contributed by atoms with Gasteiger partial charge in [0.15, 0.2) is 11.5 Å². The number of esters is 1. The van der Waals surface area contributed by atoms with Crippen molar-refractivity contribution in [3.8, 4) is 11.5 Å². The fraction of sp³-hybridized carbons (Fsp3) is 0.259. The summed E-state index contributed by atoms with van der Waals surface area (Å²) in [5.74, 6) is 0.830. The molecular formula is C27H28N2O5. The first kappa shape index (κ1) is 23.2. The third kappa shape index (κ3) is 5.14. The van der Waals surface area contributed by atoms with Crippen LogP contribution in [0.15, 0.2) is 54.6 Å². The van der Waals surface area contributed by atoms with E-state index in [9.17, 15) is 9.59 Å². The summed E-state index contributed by atoms with van der Waals surface area (Å²) in [4.78, 5) is 30.5. The molecule has 0 bridgehead atoms. The molecule has 7 heteroatoms. The zero-order valence-electron chi connectivity index (χ0n) is 19.6. The average Bonchev–Trinajstić information content (AvgIpc) is 3.42. The summed E-state index contributed by atoms with van der Waals surface area (Å²) in [6, 6.07) is 15.3. The zero-order chi connectivity index (χ0) is 24.1. The lowest BCUT2D eigenvalue weighted by Crippen LogP contribution is -2.29. The van der Waals surface area contributed by atoms with Gasteiger partial charge < -0.3 is 24.1 Å². The van der Waals surface area contributed by atoms with E-state index in [0.717, 1.165) is 27.9 Å². The molecule has 2 aromatic carbocycles. The fourth-order valence-corrected chi connectivity index (χ4v) is 3.93. The molecule has 0 unspecified atom stereocenters. The molecule has 4 rings (SSSR count). The van der Waals surface area contributed by atoms with E-state index < -0.39 is 5.97 Å². The van der Waals surface area contributed by atoms with Crippen molar-refractivity contribution in [3.05, 3.63) is 88.2 Å². The highest BCUT2D eigenvalue weighted by molar-refractivity contribution is 5.92. The highest BCUT2D eigenvalue weighted by Crippen LogP contribution is 2.33. The van der Waals surface area contributed by atoms with Gasteiger partial charge in [0, 0.05) is 24.9 Å². The smallest absolute Gasteiger partial charge is 0.355 e. The Morgan fingerprint density at radius 1 is 1.06 bits per heavy atom. The van der Waals surface area contributed by atoms with Gasteiger partial charge in [0.05, 0.1) is 6.61 Å². The average molecular weight is 461 g/mol. The molecule has 34 heavy (non-hydrogen) atoms. The van der Waals surface area contributed by atoms with Gasteiger partial charge in [0.1, 0.15) is 5.69 Å². The summed E-state index contributed by atoms with van der Waals surface area (Å²) in [5, 5.41) is 0. The van der Waals surface area contributed by atoms with Gasteiger partial charge in [0.25, 0.3) is 0 Å². The number of H-pyrrole nitrogens is 1. The Kier molecular flexibility index (Phi) is 7.01. The molecule has 1 aliphatic heterocycles. The molecule has 0 fully saturated rings. The molecule has 0 atom stereocenters. The van der Waals surface area contributed by atoms with E-state index >= 15 is 0 Å². The molecule has 1 amide bonds. The van der Waals surface area contributed by atoms with Crippen LogP contribution in [0.25, 0.3) is 6.08 Å². The number of rotatable bonds is 8. The third-order valence-electron chi connectivity index (χ3n) is 5.76. The van der Waals surface area contributed by atoms with Crippen molar-refractivity contribution in [1.82, 2.24) is 9.88 Å². The van der Waals surface area contributed by atoms with Gasteiger partial charge in [0.2, 0.25) is 12.7 Å². The Bertz CT molecular complexity index is 1210. The molecule has 1 aliphatic rings. The minimum Gasteiger partial charge on any atom is -0.461 e. The number of hydrogen-bond acceptors (Lipinski definition) is 5. The summed E-state index contributed by atoms with van der Waals surface area (Å²) in [6.45, 7) is 6.73. The van der Waals surface area contributed by atoms with Crippen molar-refractivity contribution < 1.29 is 23.8 Å². The quantitative estimate of drug-likeness (QED) is 0.387. The van der Waals surface area contributed by atoms with Crippen LogP contribution < -0.4 is 9.47 Å². The van der Waals surface area contributed by atoms with Crippen LogP contribution in [0.3, 0.4) is 0 Å². The van der Waals surface area contributed by atoms with E-state index in [1.54, 1.807) is 24.0 Å². The third-order valence-corrected chi connectivity index (χ3v) is 5.76. The minimum atomic E-state index is -0.396. The molecule has 1 aromatic heterocycles. The second kappa shape index (κ2) is 10.3. The van der Waals surface area contributed by atoms with Gasteiger partial charge in [-0.15, -0.1) is 0 Å². The van der Waals surface area contributed by atoms with Gasteiger partial charge in [-0.25, -0.2) is 4.79 Å². The number of benzene rings is 2. The minimum absolute atomic E-state index is 0.140. The summed E-state index contributed by atoms with van der Waals surface area (Å²) >= 11 is 0. The molecule has 7 nitrogen and oxygen atoms in total. The van der Waals surface area contributed by atoms with Crippen molar-refractivity contribution in [2.75, 3.05) is 13.4 Å². The first-order chi connectivity index (χ1) is 16.5. The number of nitrogens with one attached hydrogen (secondary N) is 1. The Hall–Kier alpha value is -4.00.